The van der Waals surface area contributed by atoms with Crippen molar-refractivity contribution in [2.24, 2.45) is 0 Å². The molecule has 2 N–H and O–H groups in total. The first kappa shape index (κ1) is 18.4. The van der Waals surface area contributed by atoms with Crippen LogP contribution in [0.15, 0.2) is 11.8 Å². The van der Waals surface area contributed by atoms with E-state index in [9.17, 15) is 14.7 Å². The molecule has 86 valence electrons. The van der Waals surface area contributed by atoms with E-state index in [0.29, 0.717) is 0 Å². The topological polar surface area (TPSA) is 98.7 Å². The summed E-state index contributed by atoms with van der Waals surface area (Å²) in [5.41, 5.74) is 0.289. The molecule has 0 aromatic heterocycles. The molecule has 0 aliphatic heterocycles. The van der Waals surface area contributed by atoms with Crippen molar-refractivity contribution in [3.05, 3.63) is 11.8 Å². The van der Waals surface area contributed by atoms with Crippen LogP contribution in [0.3, 0.4) is 0 Å². The first-order valence-electron chi connectivity index (χ1n) is 4.44. The number of aliphatic carboxylic acids is 1. The zero-order valence-electron chi connectivity index (χ0n) is 9.65. The second kappa shape index (κ2) is 10.2. The van der Waals surface area contributed by atoms with Crippen LogP contribution in [0.1, 0.15) is 13.8 Å². The van der Waals surface area contributed by atoms with E-state index in [1.54, 1.807) is 6.92 Å². The third-order valence-electron chi connectivity index (χ3n) is 1.49. The average molecular weight is 255 g/mol. The maximum Gasteiger partial charge on any atom is 1.00 e. The predicted octanol–water partition coefficient (Wildman–Crippen LogP) is -4.84. The predicted molar refractivity (Wildman–Crippen MR) is 49.4 cm³/mol. The Morgan fingerprint density at radius 3 is 2.50 bits per heavy atom. The monoisotopic (exact) mass is 255 g/mol. The van der Waals surface area contributed by atoms with Crippen LogP contribution in [0.25, 0.3) is 0 Å². The van der Waals surface area contributed by atoms with Crippen LogP contribution in [0.2, 0.25) is 0 Å². The van der Waals surface area contributed by atoms with Gasteiger partial charge in [-0.05, 0) is 13.8 Å². The van der Waals surface area contributed by atoms with E-state index in [1.807, 2.05) is 0 Å². The van der Waals surface area contributed by atoms with Gasteiger partial charge < -0.3 is 25.1 Å². The summed E-state index contributed by atoms with van der Waals surface area (Å²) in [6, 6.07) is -1.23. The van der Waals surface area contributed by atoms with Crippen molar-refractivity contribution in [1.82, 2.24) is 5.32 Å². The minimum absolute atomic E-state index is 0. The summed E-state index contributed by atoms with van der Waals surface area (Å²) in [5.74, 6) is -2.01. The molecule has 0 aromatic carbocycles. The standard InChI is InChI=1S/C9H15NO5.K/c1-3-15-8(12)4-6(2)10-7(5-11)9(13)14;/h4,7,10-11H,3,5H2,1-2H3,(H,13,14);/q;+1/p-1/b6-4+;/t7-;/m0./s1. The number of rotatable bonds is 6. The fourth-order valence-electron chi connectivity index (χ4n) is 0.856. The smallest absolute Gasteiger partial charge is 0.548 e. The Bertz CT molecular complexity index is 267. The Hall–Kier alpha value is 0.0764. The molecule has 0 radical (unpaired) electrons. The maximum atomic E-state index is 10.9. The molecule has 6 nitrogen and oxygen atoms in total. The average Bonchev–Trinajstić information content (AvgIpc) is 2.13. The van der Waals surface area contributed by atoms with Gasteiger partial charge >= 0.3 is 57.4 Å². The number of nitrogens with one attached hydrogen (secondary N) is 1. The van der Waals surface area contributed by atoms with E-state index in [2.05, 4.69) is 10.1 Å². The number of hydrogen-bond donors (Lipinski definition) is 2. The number of allylic oxidation sites excluding steroid dienone is 1. The Kier molecular flexibility index (Phi) is 11.8. The van der Waals surface area contributed by atoms with Gasteiger partial charge in [0.25, 0.3) is 0 Å². The van der Waals surface area contributed by atoms with E-state index < -0.39 is 24.6 Å². The first-order chi connectivity index (χ1) is 7.01. The third-order valence-corrected chi connectivity index (χ3v) is 1.49. The number of esters is 1. The summed E-state index contributed by atoms with van der Waals surface area (Å²) in [7, 11) is 0. The molecular formula is C9H14KNO5. The maximum absolute atomic E-state index is 10.9. The number of carboxylic acid groups (broad SMARTS) is 1. The van der Waals surface area contributed by atoms with Gasteiger partial charge in [-0.1, -0.05) is 0 Å². The van der Waals surface area contributed by atoms with Crippen molar-refractivity contribution >= 4 is 11.9 Å². The van der Waals surface area contributed by atoms with Crippen LogP contribution in [0.4, 0.5) is 0 Å². The summed E-state index contributed by atoms with van der Waals surface area (Å²) < 4.78 is 4.61. The van der Waals surface area contributed by atoms with E-state index in [0.717, 1.165) is 6.08 Å². The molecule has 1 atom stereocenters. The molecule has 0 aliphatic carbocycles. The van der Waals surface area contributed by atoms with E-state index in [1.165, 1.54) is 6.92 Å². The van der Waals surface area contributed by atoms with Crippen molar-refractivity contribution in [3.63, 3.8) is 0 Å². The first-order valence-corrected chi connectivity index (χ1v) is 4.44. The zero-order valence-corrected chi connectivity index (χ0v) is 12.8. The molecule has 0 saturated heterocycles. The number of hydrogen-bond acceptors (Lipinski definition) is 6. The molecular weight excluding hydrogens is 241 g/mol. The summed E-state index contributed by atoms with van der Waals surface area (Å²) in [6.45, 7) is 2.78. The summed E-state index contributed by atoms with van der Waals surface area (Å²) in [5, 5.41) is 21.5. The summed E-state index contributed by atoms with van der Waals surface area (Å²) >= 11 is 0. The van der Waals surface area contributed by atoms with Gasteiger partial charge in [-0.25, -0.2) is 4.79 Å². The Balaban J connectivity index is 0. The second-order valence-electron chi connectivity index (χ2n) is 2.78. The molecule has 0 aromatic rings. The molecule has 7 heteroatoms. The Morgan fingerprint density at radius 1 is 1.56 bits per heavy atom. The van der Waals surface area contributed by atoms with Gasteiger partial charge in [-0.3, -0.25) is 0 Å². The second-order valence-corrected chi connectivity index (χ2v) is 2.78. The van der Waals surface area contributed by atoms with Crippen LogP contribution >= 0.6 is 0 Å². The van der Waals surface area contributed by atoms with Gasteiger partial charge in [0.15, 0.2) is 0 Å². The van der Waals surface area contributed by atoms with Crippen LogP contribution in [0, 0.1) is 0 Å². The Morgan fingerprint density at radius 2 is 2.12 bits per heavy atom. The van der Waals surface area contributed by atoms with Crippen molar-refractivity contribution in [1.29, 1.82) is 0 Å². The summed E-state index contributed by atoms with van der Waals surface area (Å²) in [4.78, 5) is 21.3. The number of aliphatic hydroxyl groups excluding tert-OH is 1. The van der Waals surface area contributed by atoms with Crippen molar-refractivity contribution < 1.29 is 75.9 Å². The largest absolute Gasteiger partial charge is 1.00 e. The molecule has 0 bridgehead atoms. The molecule has 0 spiro atoms. The molecule has 16 heavy (non-hydrogen) atoms. The van der Waals surface area contributed by atoms with Crippen LogP contribution < -0.4 is 61.8 Å². The van der Waals surface area contributed by atoms with Crippen molar-refractivity contribution in [2.45, 2.75) is 19.9 Å². The number of carboxylic acids is 1. The summed E-state index contributed by atoms with van der Waals surface area (Å²) in [6.07, 6.45) is 1.11. The van der Waals surface area contributed by atoms with E-state index in [-0.39, 0.29) is 63.7 Å². The molecule has 0 aliphatic rings. The number of carbonyl (C=O) groups is 2. The normalized spacial score (nSPS) is 12.3. The zero-order chi connectivity index (χ0) is 11.8. The van der Waals surface area contributed by atoms with Crippen molar-refractivity contribution in [2.75, 3.05) is 13.2 Å². The number of ether oxygens (including phenoxy) is 1. The fraction of sp³-hybridized carbons (Fsp3) is 0.556. The molecule has 0 rings (SSSR count). The van der Waals surface area contributed by atoms with Crippen molar-refractivity contribution in [3.8, 4) is 0 Å². The van der Waals surface area contributed by atoms with Gasteiger partial charge in [0.1, 0.15) is 0 Å². The van der Waals surface area contributed by atoms with Gasteiger partial charge in [-0.15, -0.1) is 0 Å². The SMILES string of the molecule is CCOC(=O)/C=C(\C)N[C@@H](CO)C(=O)[O-].[K+]. The number of aliphatic hydroxyl groups is 1. The van der Waals surface area contributed by atoms with Crippen LogP contribution in [-0.4, -0.2) is 36.3 Å². The minimum Gasteiger partial charge on any atom is -0.548 e. The van der Waals surface area contributed by atoms with Crippen LogP contribution in [-0.2, 0) is 14.3 Å². The molecule has 0 heterocycles. The third kappa shape index (κ3) is 8.25. The molecule has 0 saturated carbocycles. The quantitative estimate of drug-likeness (QED) is 0.281. The molecule has 0 fully saturated rings. The van der Waals surface area contributed by atoms with Crippen LogP contribution in [0.5, 0.6) is 0 Å². The van der Waals surface area contributed by atoms with Gasteiger partial charge in [0.2, 0.25) is 0 Å². The van der Waals surface area contributed by atoms with Gasteiger partial charge in [-0.2, -0.15) is 0 Å². The molecule has 0 amide bonds. The number of carbonyl (C=O) groups excluding carboxylic acids is 2. The molecule has 0 unspecified atom stereocenters. The van der Waals surface area contributed by atoms with Gasteiger partial charge in [0.05, 0.1) is 25.2 Å². The van der Waals surface area contributed by atoms with Gasteiger partial charge in [0, 0.05) is 11.8 Å². The minimum atomic E-state index is -1.44. The van der Waals surface area contributed by atoms with E-state index >= 15 is 0 Å². The fourth-order valence-corrected chi connectivity index (χ4v) is 0.856. The van der Waals surface area contributed by atoms with E-state index in [4.69, 9.17) is 5.11 Å². The Labute approximate surface area is 136 Å².